The van der Waals surface area contributed by atoms with Crippen molar-refractivity contribution in [1.29, 1.82) is 0 Å². The zero-order valence-corrected chi connectivity index (χ0v) is 15.5. The van der Waals surface area contributed by atoms with Gasteiger partial charge in [-0.05, 0) is 50.3 Å². The van der Waals surface area contributed by atoms with Crippen molar-refractivity contribution in [3.05, 3.63) is 29.8 Å². The molecule has 1 aliphatic carbocycles. The van der Waals surface area contributed by atoms with Crippen LogP contribution in [0.3, 0.4) is 0 Å². The van der Waals surface area contributed by atoms with Crippen molar-refractivity contribution in [1.82, 2.24) is 9.80 Å². The number of hydrogen-bond donors (Lipinski definition) is 0. The molecule has 0 radical (unpaired) electrons. The Kier molecular flexibility index (Phi) is 4.98. The molecular weight excluding hydrogens is 328 g/mol. The monoisotopic (exact) mass is 356 g/mol. The number of ether oxygens (including phenoxy) is 1. The molecule has 26 heavy (non-hydrogen) atoms. The summed E-state index contributed by atoms with van der Waals surface area (Å²) in [5.74, 6) is 0.911. The first-order valence-corrected chi connectivity index (χ1v) is 10.0. The number of nitrogens with zero attached hydrogens (tertiary/aromatic N) is 2. The van der Waals surface area contributed by atoms with Gasteiger partial charge in [0.15, 0.2) is 0 Å². The van der Waals surface area contributed by atoms with Crippen molar-refractivity contribution in [2.45, 2.75) is 51.5 Å². The van der Waals surface area contributed by atoms with E-state index in [-0.39, 0.29) is 29.7 Å². The van der Waals surface area contributed by atoms with Crippen LogP contribution in [0.2, 0.25) is 0 Å². The lowest BCUT2D eigenvalue weighted by atomic mass is 9.81. The molecule has 3 atom stereocenters. The summed E-state index contributed by atoms with van der Waals surface area (Å²) in [6.45, 7) is 4.03. The van der Waals surface area contributed by atoms with Gasteiger partial charge in [0.1, 0.15) is 5.75 Å². The van der Waals surface area contributed by atoms with Gasteiger partial charge in [0, 0.05) is 12.6 Å². The average Bonchev–Trinajstić information content (AvgIpc) is 3.22. The number of carbonyl (C=O) groups is 2. The van der Waals surface area contributed by atoms with Crippen molar-refractivity contribution in [2.75, 3.05) is 19.8 Å². The SMILES string of the molecule is CCOc1ccc([C@H]2CCCN2CN2C(=O)[C@H]3CCCC[C@H]3C2=O)cc1. The second kappa shape index (κ2) is 7.39. The van der Waals surface area contributed by atoms with Crippen LogP contribution in [-0.4, -0.2) is 41.4 Å². The first kappa shape index (κ1) is 17.5. The van der Waals surface area contributed by atoms with Gasteiger partial charge in [-0.25, -0.2) is 0 Å². The minimum atomic E-state index is -0.0530. The van der Waals surface area contributed by atoms with Crippen LogP contribution in [0.4, 0.5) is 0 Å². The van der Waals surface area contributed by atoms with Crippen LogP contribution in [0.5, 0.6) is 5.75 Å². The maximum Gasteiger partial charge on any atom is 0.234 e. The van der Waals surface area contributed by atoms with Crippen LogP contribution in [-0.2, 0) is 9.59 Å². The summed E-state index contributed by atoms with van der Waals surface area (Å²) < 4.78 is 5.53. The van der Waals surface area contributed by atoms with Gasteiger partial charge < -0.3 is 4.74 Å². The smallest absolute Gasteiger partial charge is 0.234 e. The molecule has 1 aromatic rings. The van der Waals surface area contributed by atoms with Crippen LogP contribution >= 0.6 is 0 Å². The van der Waals surface area contributed by atoms with Gasteiger partial charge in [0.2, 0.25) is 11.8 Å². The molecule has 0 bridgehead atoms. The molecular formula is C21H28N2O3. The fourth-order valence-corrected chi connectivity index (χ4v) is 4.88. The zero-order chi connectivity index (χ0) is 18.1. The van der Waals surface area contributed by atoms with Gasteiger partial charge in [-0.15, -0.1) is 0 Å². The molecule has 2 amide bonds. The van der Waals surface area contributed by atoms with E-state index in [9.17, 15) is 9.59 Å². The van der Waals surface area contributed by atoms with Gasteiger partial charge in [0.05, 0.1) is 25.1 Å². The predicted octanol–water partition coefficient (Wildman–Crippen LogP) is 3.35. The summed E-state index contributed by atoms with van der Waals surface area (Å²) >= 11 is 0. The Labute approximate surface area is 155 Å². The second-order valence-corrected chi connectivity index (χ2v) is 7.72. The van der Waals surface area contributed by atoms with E-state index in [0.717, 1.165) is 50.8 Å². The number of benzene rings is 1. The molecule has 4 rings (SSSR count). The Morgan fingerprint density at radius 1 is 0.962 bits per heavy atom. The summed E-state index contributed by atoms with van der Waals surface area (Å²) in [5, 5.41) is 0. The highest BCUT2D eigenvalue weighted by Gasteiger charge is 2.48. The van der Waals surface area contributed by atoms with E-state index in [4.69, 9.17) is 4.74 Å². The van der Waals surface area contributed by atoms with Gasteiger partial charge in [0.25, 0.3) is 0 Å². The Hall–Kier alpha value is -1.88. The molecule has 3 aliphatic rings. The minimum Gasteiger partial charge on any atom is -0.494 e. The first-order valence-electron chi connectivity index (χ1n) is 10.0. The lowest BCUT2D eigenvalue weighted by Crippen LogP contribution is -2.41. The average molecular weight is 356 g/mol. The number of carbonyl (C=O) groups excluding carboxylic acids is 2. The van der Waals surface area contributed by atoms with Crippen LogP contribution in [0.1, 0.15) is 57.1 Å². The van der Waals surface area contributed by atoms with E-state index < -0.39 is 0 Å². The Morgan fingerprint density at radius 3 is 2.23 bits per heavy atom. The molecule has 1 aromatic carbocycles. The van der Waals surface area contributed by atoms with Crippen molar-refractivity contribution in [2.24, 2.45) is 11.8 Å². The lowest BCUT2D eigenvalue weighted by Gasteiger charge is -2.29. The van der Waals surface area contributed by atoms with Gasteiger partial charge in [-0.2, -0.15) is 0 Å². The van der Waals surface area contributed by atoms with E-state index in [1.165, 1.54) is 5.56 Å². The molecule has 5 nitrogen and oxygen atoms in total. The fraction of sp³-hybridized carbons (Fsp3) is 0.619. The summed E-state index contributed by atoms with van der Waals surface area (Å²) in [5.41, 5.74) is 1.24. The largest absolute Gasteiger partial charge is 0.494 e. The molecule has 0 spiro atoms. The topological polar surface area (TPSA) is 49.9 Å². The highest BCUT2D eigenvalue weighted by atomic mass is 16.5. The maximum absolute atomic E-state index is 12.8. The zero-order valence-electron chi connectivity index (χ0n) is 15.5. The molecule has 0 unspecified atom stereocenters. The van der Waals surface area contributed by atoms with Crippen LogP contribution in [0, 0.1) is 11.8 Å². The molecule has 0 N–H and O–H groups in total. The number of hydrogen-bond acceptors (Lipinski definition) is 4. The highest BCUT2D eigenvalue weighted by Crippen LogP contribution is 2.39. The Morgan fingerprint density at radius 2 is 1.62 bits per heavy atom. The minimum absolute atomic E-state index is 0.0530. The third kappa shape index (κ3) is 3.13. The molecule has 2 saturated heterocycles. The fourth-order valence-electron chi connectivity index (χ4n) is 4.88. The van der Waals surface area contributed by atoms with Crippen molar-refractivity contribution >= 4 is 11.8 Å². The van der Waals surface area contributed by atoms with Crippen LogP contribution in [0.15, 0.2) is 24.3 Å². The van der Waals surface area contributed by atoms with Crippen LogP contribution < -0.4 is 4.74 Å². The number of amides is 2. The molecule has 5 heteroatoms. The van der Waals surface area contributed by atoms with Crippen molar-refractivity contribution in [3.63, 3.8) is 0 Å². The summed E-state index contributed by atoms with van der Waals surface area (Å²) in [6.07, 6.45) is 6.08. The molecule has 3 fully saturated rings. The molecule has 2 aliphatic heterocycles. The third-order valence-corrected chi connectivity index (χ3v) is 6.20. The predicted molar refractivity (Wildman–Crippen MR) is 98.5 cm³/mol. The molecule has 2 heterocycles. The highest BCUT2D eigenvalue weighted by molar-refractivity contribution is 6.05. The summed E-state index contributed by atoms with van der Waals surface area (Å²) in [4.78, 5) is 29.4. The number of likely N-dealkylation sites (tertiary alicyclic amines) is 2. The van der Waals surface area contributed by atoms with Gasteiger partial charge in [-0.3, -0.25) is 19.4 Å². The Bertz CT molecular complexity index is 648. The normalized spacial score (nSPS) is 29.3. The summed E-state index contributed by atoms with van der Waals surface area (Å²) in [7, 11) is 0. The maximum atomic E-state index is 12.8. The third-order valence-electron chi connectivity index (χ3n) is 6.20. The van der Waals surface area contributed by atoms with E-state index >= 15 is 0 Å². The Balaban J connectivity index is 1.47. The number of imide groups is 1. The van der Waals surface area contributed by atoms with Crippen molar-refractivity contribution in [3.8, 4) is 5.75 Å². The quantitative estimate of drug-likeness (QED) is 0.759. The van der Waals surface area contributed by atoms with Crippen LogP contribution in [0.25, 0.3) is 0 Å². The number of fused-ring (bicyclic) bond motifs is 1. The van der Waals surface area contributed by atoms with Gasteiger partial charge >= 0.3 is 0 Å². The van der Waals surface area contributed by atoms with Crippen molar-refractivity contribution < 1.29 is 14.3 Å². The number of rotatable bonds is 5. The second-order valence-electron chi connectivity index (χ2n) is 7.72. The first-order chi connectivity index (χ1) is 12.7. The van der Waals surface area contributed by atoms with E-state index in [1.807, 2.05) is 19.1 Å². The lowest BCUT2D eigenvalue weighted by molar-refractivity contribution is -0.142. The molecule has 140 valence electrons. The van der Waals surface area contributed by atoms with Gasteiger partial charge in [-0.1, -0.05) is 25.0 Å². The standard InChI is InChI=1S/C21H28N2O3/c1-2-26-16-11-9-15(10-12-16)19-8-5-13-22(19)14-23-20(24)17-6-3-4-7-18(17)21(23)25/h9-12,17-19H,2-8,13-14H2,1H3/t17-,18+,19-/m1/s1. The molecule has 1 saturated carbocycles. The van der Waals surface area contributed by atoms with E-state index in [0.29, 0.717) is 13.3 Å². The molecule has 0 aromatic heterocycles. The van der Waals surface area contributed by atoms with E-state index in [2.05, 4.69) is 17.0 Å². The summed E-state index contributed by atoms with van der Waals surface area (Å²) in [6, 6.07) is 8.52. The van der Waals surface area contributed by atoms with E-state index in [1.54, 1.807) is 4.90 Å².